The Morgan fingerprint density at radius 2 is 1.37 bits per heavy atom. The number of phenolic OH excluding ortho intramolecular Hbond substituents is 1. The molecule has 3 heterocycles. The molecular formula is C38H31ClN2O16P2. The number of benzene rings is 4. The van der Waals surface area contributed by atoms with E-state index in [0.717, 1.165) is 12.1 Å². The second kappa shape index (κ2) is 14.8. The molecule has 18 nitrogen and oxygen atoms in total. The lowest BCUT2D eigenvalue weighted by molar-refractivity contribution is -0.121. The molecule has 1 saturated carbocycles. The van der Waals surface area contributed by atoms with Crippen molar-refractivity contribution in [1.82, 2.24) is 10.6 Å². The van der Waals surface area contributed by atoms with Gasteiger partial charge in [0.2, 0.25) is 5.91 Å². The van der Waals surface area contributed by atoms with Gasteiger partial charge in [0.25, 0.3) is 5.91 Å². The van der Waals surface area contributed by atoms with Gasteiger partial charge in [0.15, 0.2) is 5.60 Å². The molecule has 4 aromatic carbocycles. The summed E-state index contributed by atoms with van der Waals surface area (Å²) >= 11 is 6.05. The number of nitrogens with one attached hydrogen (secondary N) is 2. The van der Waals surface area contributed by atoms with Crippen molar-refractivity contribution in [2.45, 2.75) is 49.8 Å². The maximum Gasteiger partial charge on any atom is 0.524 e. The zero-order chi connectivity index (χ0) is 42.0. The van der Waals surface area contributed by atoms with Crippen molar-refractivity contribution in [2.24, 2.45) is 0 Å². The highest BCUT2D eigenvalue weighted by molar-refractivity contribution is 7.47. The minimum atomic E-state index is -5.02. The van der Waals surface area contributed by atoms with Gasteiger partial charge in [0.1, 0.15) is 34.3 Å². The van der Waals surface area contributed by atoms with Crippen LogP contribution < -0.4 is 30.0 Å². The Morgan fingerprint density at radius 3 is 1.97 bits per heavy atom. The number of halogens is 1. The molecule has 21 heteroatoms. The standard InChI is InChI=1S/C38H31ClN2O16P2/c39-29-16-25-19(13-35(44)54-31(25)17-30(29)42)12-34(43)40-20-2-4-21(5-3-20)41-36(45)18-1-8-24-28(11-18)38(55-37(24)46)26-9-6-22(56-58(47,48)49)14-32(26)53-33-15-23(7-10-27(33)38)57-59(50,51)52/h1,6-11,13-17,20-21,42H,2-5,12H2,(H,40,43)(H,41,45)(H2,47,48,49)(H2,50,51,52). The zero-order valence-electron chi connectivity index (χ0n) is 30.1. The average molecular weight is 869 g/mol. The van der Waals surface area contributed by atoms with E-state index in [1.165, 1.54) is 60.7 Å². The number of esters is 1. The third kappa shape index (κ3) is 8.04. The molecule has 5 aromatic rings. The summed E-state index contributed by atoms with van der Waals surface area (Å²) in [7, 11) is -10.0. The van der Waals surface area contributed by atoms with Gasteiger partial charge in [-0.25, -0.2) is 18.7 Å². The van der Waals surface area contributed by atoms with Gasteiger partial charge in [-0.3, -0.25) is 29.2 Å². The van der Waals surface area contributed by atoms with E-state index < -0.39 is 38.7 Å². The molecule has 8 rings (SSSR count). The zero-order valence-corrected chi connectivity index (χ0v) is 32.7. The highest BCUT2D eigenvalue weighted by Crippen LogP contribution is 2.58. The van der Waals surface area contributed by atoms with Crippen molar-refractivity contribution in [3.05, 3.63) is 122 Å². The third-order valence-corrected chi connectivity index (χ3v) is 11.3. The number of ether oxygens (including phenoxy) is 2. The predicted octanol–water partition coefficient (Wildman–Crippen LogP) is 5.06. The van der Waals surface area contributed by atoms with Gasteiger partial charge in [0.05, 0.1) is 17.0 Å². The van der Waals surface area contributed by atoms with Gasteiger partial charge in [-0.2, -0.15) is 0 Å². The lowest BCUT2D eigenvalue weighted by Gasteiger charge is -2.36. The Hall–Kier alpha value is -5.71. The van der Waals surface area contributed by atoms with Gasteiger partial charge >= 0.3 is 27.2 Å². The summed E-state index contributed by atoms with van der Waals surface area (Å²) in [5.41, 5.74) is -1.20. The van der Waals surface area contributed by atoms with E-state index in [2.05, 4.69) is 10.6 Å². The van der Waals surface area contributed by atoms with Crippen LogP contribution in [0, 0.1) is 0 Å². The van der Waals surface area contributed by atoms with E-state index in [0.29, 0.717) is 36.6 Å². The number of phenols is 1. The molecule has 0 atom stereocenters. The van der Waals surface area contributed by atoms with Crippen LogP contribution in [0.15, 0.2) is 82.0 Å². The molecule has 1 fully saturated rings. The lowest BCUT2D eigenvalue weighted by Crippen LogP contribution is -2.44. The Morgan fingerprint density at radius 1 is 0.780 bits per heavy atom. The highest BCUT2D eigenvalue weighted by atomic mass is 35.5. The molecule has 2 aliphatic heterocycles. The highest BCUT2D eigenvalue weighted by Gasteiger charge is 2.54. The van der Waals surface area contributed by atoms with Crippen molar-refractivity contribution in [2.75, 3.05) is 0 Å². The van der Waals surface area contributed by atoms with Gasteiger partial charge in [-0.05, 0) is 79.8 Å². The largest absolute Gasteiger partial charge is 0.524 e. The molecule has 0 saturated heterocycles. The first-order valence-corrected chi connectivity index (χ1v) is 21.2. The van der Waals surface area contributed by atoms with Crippen LogP contribution in [0.5, 0.6) is 28.7 Å². The van der Waals surface area contributed by atoms with Crippen LogP contribution in [-0.4, -0.2) is 54.5 Å². The Bertz CT molecular complexity index is 2680. The summed E-state index contributed by atoms with van der Waals surface area (Å²) in [4.78, 5) is 90.1. The molecule has 1 aliphatic carbocycles. The molecule has 1 aromatic heterocycles. The number of rotatable bonds is 9. The number of aromatic hydroxyl groups is 1. The summed E-state index contributed by atoms with van der Waals surface area (Å²) in [6.07, 6.45) is 1.93. The predicted molar refractivity (Wildman–Crippen MR) is 205 cm³/mol. The van der Waals surface area contributed by atoms with Crippen molar-refractivity contribution >= 4 is 56.0 Å². The maximum absolute atomic E-state index is 13.8. The first kappa shape index (κ1) is 40.1. The first-order valence-electron chi connectivity index (χ1n) is 17.8. The summed E-state index contributed by atoms with van der Waals surface area (Å²) < 4.78 is 50.0. The summed E-state index contributed by atoms with van der Waals surface area (Å²) in [6, 6.07) is 15.2. The SMILES string of the molecule is O=C(Cc1cc(=O)oc2cc(O)c(Cl)cc12)NC1CCC(NC(=O)c2ccc3c(c2)C2(OC3=O)c3ccc(OP(=O)(O)O)cc3Oc3cc(OP(=O)(O)O)ccc32)CC1. The number of carbonyl (C=O) groups is 3. The molecule has 1 spiro atoms. The van der Waals surface area contributed by atoms with Crippen molar-refractivity contribution < 1.29 is 71.1 Å². The fraction of sp³-hybridized carbons (Fsp3) is 0.211. The van der Waals surface area contributed by atoms with Crippen LogP contribution in [0.25, 0.3) is 11.0 Å². The second-order valence-corrected chi connectivity index (χ2v) is 16.8. The van der Waals surface area contributed by atoms with Crippen molar-refractivity contribution in [3.8, 4) is 28.7 Å². The van der Waals surface area contributed by atoms with Crippen LogP contribution in [0.3, 0.4) is 0 Å². The van der Waals surface area contributed by atoms with Crippen LogP contribution in [0.1, 0.15) is 68.7 Å². The first-order chi connectivity index (χ1) is 27.8. The molecule has 0 bridgehead atoms. The van der Waals surface area contributed by atoms with Gasteiger partial charge in [-0.15, -0.1) is 0 Å². The van der Waals surface area contributed by atoms with Gasteiger partial charge in [-0.1, -0.05) is 11.6 Å². The average Bonchev–Trinajstić information content (AvgIpc) is 3.43. The Balaban J connectivity index is 1.01. The Labute approximate surface area is 337 Å². The fourth-order valence-corrected chi connectivity index (χ4v) is 8.64. The molecular weight excluding hydrogens is 838 g/mol. The topological polar surface area (TPSA) is 278 Å². The number of phosphoric ester groups is 2. The molecule has 3 aliphatic rings. The molecule has 306 valence electrons. The van der Waals surface area contributed by atoms with E-state index in [-0.39, 0.29) is 91.6 Å². The second-order valence-electron chi connectivity index (χ2n) is 14.1. The molecule has 0 radical (unpaired) electrons. The van der Waals surface area contributed by atoms with Crippen LogP contribution in [-0.2, 0) is 30.7 Å². The van der Waals surface area contributed by atoms with Crippen molar-refractivity contribution in [1.29, 1.82) is 0 Å². The number of hydrogen-bond donors (Lipinski definition) is 7. The molecule has 59 heavy (non-hydrogen) atoms. The van der Waals surface area contributed by atoms with Crippen LogP contribution in [0.4, 0.5) is 0 Å². The lowest BCUT2D eigenvalue weighted by atomic mass is 9.77. The van der Waals surface area contributed by atoms with Gasteiger partial charge < -0.3 is 38.7 Å². The minimum absolute atomic E-state index is 0.0355. The molecule has 7 N–H and O–H groups in total. The smallest absolute Gasteiger partial charge is 0.506 e. The number of fused-ring (bicyclic) bond motifs is 7. The summed E-state index contributed by atoms with van der Waals surface area (Å²) in [5, 5.41) is 16.3. The van der Waals surface area contributed by atoms with E-state index in [1.54, 1.807) is 0 Å². The van der Waals surface area contributed by atoms with E-state index in [1.807, 2.05) is 0 Å². The molecule has 0 unspecified atom stereocenters. The summed E-state index contributed by atoms with van der Waals surface area (Å²) in [6.45, 7) is 0. The van der Waals surface area contributed by atoms with Crippen molar-refractivity contribution in [3.63, 3.8) is 0 Å². The number of hydrogen-bond acceptors (Lipinski definition) is 12. The van der Waals surface area contributed by atoms with E-state index in [4.69, 9.17) is 34.5 Å². The van der Waals surface area contributed by atoms with Gasteiger partial charge in [0, 0.05) is 64.0 Å². The van der Waals surface area contributed by atoms with E-state index in [9.17, 15) is 53.0 Å². The minimum Gasteiger partial charge on any atom is -0.506 e. The normalized spacial score (nSPS) is 17.9. The monoisotopic (exact) mass is 868 g/mol. The number of carbonyl (C=O) groups excluding carboxylic acids is 3. The quantitative estimate of drug-likeness (QED) is 0.0579. The summed E-state index contributed by atoms with van der Waals surface area (Å²) in [5.74, 6) is -2.66. The third-order valence-electron chi connectivity index (χ3n) is 10.1. The number of phosphoric acid groups is 2. The van der Waals surface area contributed by atoms with Crippen LogP contribution >= 0.6 is 27.2 Å². The fourth-order valence-electron chi connectivity index (χ4n) is 7.70. The van der Waals surface area contributed by atoms with Crippen LogP contribution in [0.2, 0.25) is 5.02 Å². The Kier molecular flexibility index (Phi) is 10.1. The maximum atomic E-state index is 13.8. The molecule has 2 amide bonds. The van der Waals surface area contributed by atoms with E-state index >= 15 is 0 Å². The number of amides is 2.